The molecule has 2 atom stereocenters. The molecular formula is C16H25N3O2. The quantitative estimate of drug-likeness (QED) is 0.796. The molecule has 116 valence electrons. The van der Waals surface area contributed by atoms with Crippen molar-refractivity contribution in [1.82, 2.24) is 10.2 Å². The molecule has 1 amide bonds. The van der Waals surface area contributed by atoms with Crippen LogP contribution in [0.15, 0.2) is 30.3 Å². The zero-order chi connectivity index (χ0) is 15.1. The van der Waals surface area contributed by atoms with Gasteiger partial charge in [-0.05, 0) is 25.5 Å². The molecule has 2 rings (SSSR count). The first-order valence-corrected chi connectivity index (χ1v) is 7.52. The average molecular weight is 291 g/mol. The van der Waals surface area contributed by atoms with E-state index in [1.165, 1.54) is 5.56 Å². The summed E-state index contributed by atoms with van der Waals surface area (Å²) in [4.78, 5) is 14.2. The van der Waals surface area contributed by atoms with Crippen LogP contribution in [-0.2, 0) is 16.0 Å². The second-order valence-corrected chi connectivity index (χ2v) is 5.63. The van der Waals surface area contributed by atoms with Crippen LogP contribution in [0, 0.1) is 0 Å². The zero-order valence-electron chi connectivity index (χ0n) is 12.6. The number of likely N-dealkylation sites (N-methyl/N-ethyl adjacent to an activating group) is 1. The maximum atomic E-state index is 12.0. The molecule has 1 aliphatic rings. The van der Waals surface area contributed by atoms with Crippen molar-refractivity contribution in [3.05, 3.63) is 35.9 Å². The van der Waals surface area contributed by atoms with Crippen LogP contribution in [0.4, 0.5) is 0 Å². The highest BCUT2D eigenvalue weighted by atomic mass is 16.5. The molecule has 0 bridgehead atoms. The van der Waals surface area contributed by atoms with Crippen molar-refractivity contribution in [2.24, 2.45) is 5.73 Å². The summed E-state index contributed by atoms with van der Waals surface area (Å²) in [5.41, 5.74) is 7.15. The van der Waals surface area contributed by atoms with Gasteiger partial charge in [0.05, 0.1) is 18.8 Å². The standard InChI is InChI=1S/C16H25N3O2/c1-19-9-10-21-14(12-19)11-18-16(20)15(17)8-7-13-5-3-2-4-6-13/h2-6,14-15H,7-12,17H2,1H3,(H,18,20). The van der Waals surface area contributed by atoms with E-state index in [0.717, 1.165) is 26.1 Å². The van der Waals surface area contributed by atoms with E-state index in [2.05, 4.69) is 29.4 Å². The Bertz CT molecular complexity index is 438. The Labute approximate surface area is 126 Å². The van der Waals surface area contributed by atoms with Gasteiger partial charge in [0.15, 0.2) is 0 Å². The molecule has 0 spiro atoms. The van der Waals surface area contributed by atoms with Crippen molar-refractivity contribution in [3.8, 4) is 0 Å². The average Bonchev–Trinajstić information content (AvgIpc) is 2.51. The number of benzene rings is 1. The first-order chi connectivity index (χ1) is 10.1. The molecule has 3 N–H and O–H groups in total. The van der Waals surface area contributed by atoms with Crippen LogP contribution in [-0.4, -0.2) is 56.2 Å². The summed E-state index contributed by atoms with van der Waals surface area (Å²) in [6, 6.07) is 9.62. The molecule has 1 saturated heterocycles. The zero-order valence-corrected chi connectivity index (χ0v) is 12.6. The fourth-order valence-electron chi connectivity index (χ4n) is 2.43. The molecule has 0 radical (unpaired) electrons. The van der Waals surface area contributed by atoms with Gasteiger partial charge in [0.2, 0.25) is 5.91 Å². The van der Waals surface area contributed by atoms with E-state index in [-0.39, 0.29) is 12.0 Å². The molecule has 5 heteroatoms. The lowest BCUT2D eigenvalue weighted by atomic mass is 10.1. The van der Waals surface area contributed by atoms with Crippen molar-refractivity contribution in [3.63, 3.8) is 0 Å². The van der Waals surface area contributed by atoms with Gasteiger partial charge in [0.25, 0.3) is 0 Å². The van der Waals surface area contributed by atoms with Gasteiger partial charge in [0, 0.05) is 19.6 Å². The SMILES string of the molecule is CN1CCOC(CNC(=O)C(N)CCc2ccccc2)C1. The highest BCUT2D eigenvalue weighted by molar-refractivity contribution is 5.81. The molecule has 1 aromatic rings. The number of nitrogens with one attached hydrogen (secondary N) is 1. The predicted octanol–water partition coefficient (Wildman–Crippen LogP) is 0.393. The third-order valence-corrected chi connectivity index (χ3v) is 3.77. The van der Waals surface area contributed by atoms with Gasteiger partial charge >= 0.3 is 0 Å². The van der Waals surface area contributed by atoms with Crippen LogP contribution in [0.5, 0.6) is 0 Å². The van der Waals surface area contributed by atoms with Gasteiger partial charge in [-0.2, -0.15) is 0 Å². The molecule has 1 fully saturated rings. The Morgan fingerprint density at radius 3 is 2.95 bits per heavy atom. The van der Waals surface area contributed by atoms with Gasteiger partial charge in [0.1, 0.15) is 0 Å². The van der Waals surface area contributed by atoms with Crippen LogP contribution in [0.2, 0.25) is 0 Å². The molecule has 1 aliphatic heterocycles. The summed E-state index contributed by atoms with van der Waals surface area (Å²) in [5.74, 6) is -0.0947. The molecule has 1 heterocycles. The number of rotatable bonds is 6. The third-order valence-electron chi connectivity index (χ3n) is 3.77. The topological polar surface area (TPSA) is 67.6 Å². The fourth-order valence-corrected chi connectivity index (χ4v) is 2.43. The van der Waals surface area contributed by atoms with E-state index in [1.54, 1.807) is 0 Å². The second-order valence-electron chi connectivity index (χ2n) is 5.63. The summed E-state index contributed by atoms with van der Waals surface area (Å²) in [7, 11) is 2.06. The number of nitrogens with zero attached hydrogens (tertiary/aromatic N) is 1. The lowest BCUT2D eigenvalue weighted by Crippen LogP contribution is -2.49. The minimum Gasteiger partial charge on any atom is -0.374 e. The molecule has 0 saturated carbocycles. The largest absolute Gasteiger partial charge is 0.374 e. The molecular weight excluding hydrogens is 266 g/mol. The van der Waals surface area contributed by atoms with Crippen LogP contribution >= 0.6 is 0 Å². The van der Waals surface area contributed by atoms with Gasteiger partial charge in [-0.15, -0.1) is 0 Å². The second kappa shape index (κ2) is 8.12. The highest BCUT2D eigenvalue weighted by Crippen LogP contribution is 2.05. The summed E-state index contributed by atoms with van der Waals surface area (Å²) in [6.45, 7) is 3.04. The molecule has 0 aromatic heterocycles. The van der Waals surface area contributed by atoms with Crippen LogP contribution < -0.4 is 11.1 Å². The molecule has 0 aliphatic carbocycles. The first kappa shape index (κ1) is 15.9. The predicted molar refractivity (Wildman–Crippen MR) is 83.0 cm³/mol. The van der Waals surface area contributed by atoms with Crippen LogP contribution in [0.25, 0.3) is 0 Å². The summed E-state index contributed by atoms with van der Waals surface area (Å²) >= 11 is 0. The van der Waals surface area contributed by atoms with Crippen molar-refractivity contribution in [2.45, 2.75) is 25.0 Å². The first-order valence-electron chi connectivity index (χ1n) is 7.52. The summed E-state index contributed by atoms with van der Waals surface area (Å²) < 4.78 is 5.61. The number of hydrogen-bond acceptors (Lipinski definition) is 4. The minimum atomic E-state index is -0.466. The molecule has 2 unspecified atom stereocenters. The monoisotopic (exact) mass is 291 g/mol. The highest BCUT2D eigenvalue weighted by Gasteiger charge is 2.20. The van der Waals surface area contributed by atoms with E-state index < -0.39 is 6.04 Å². The number of ether oxygens (including phenoxy) is 1. The molecule has 1 aromatic carbocycles. The smallest absolute Gasteiger partial charge is 0.237 e. The van der Waals surface area contributed by atoms with E-state index in [9.17, 15) is 4.79 Å². The Hall–Kier alpha value is -1.43. The maximum Gasteiger partial charge on any atom is 0.237 e. The minimum absolute atomic E-state index is 0.0639. The number of nitrogens with two attached hydrogens (primary N) is 1. The molecule has 5 nitrogen and oxygen atoms in total. The lowest BCUT2D eigenvalue weighted by molar-refractivity contribution is -0.123. The Balaban J connectivity index is 1.67. The van der Waals surface area contributed by atoms with Gasteiger partial charge in [-0.25, -0.2) is 0 Å². The van der Waals surface area contributed by atoms with Crippen LogP contribution in [0.1, 0.15) is 12.0 Å². The number of aryl methyl sites for hydroxylation is 1. The molecule has 21 heavy (non-hydrogen) atoms. The van der Waals surface area contributed by atoms with Gasteiger partial charge in [-0.3, -0.25) is 4.79 Å². The van der Waals surface area contributed by atoms with E-state index >= 15 is 0 Å². The fraction of sp³-hybridized carbons (Fsp3) is 0.562. The number of amides is 1. The number of morpholine rings is 1. The number of hydrogen-bond donors (Lipinski definition) is 2. The number of carbonyl (C=O) groups is 1. The van der Waals surface area contributed by atoms with E-state index in [4.69, 9.17) is 10.5 Å². The Morgan fingerprint density at radius 1 is 1.48 bits per heavy atom. The Kier molecular flexibility index (Phi) is 6.17. The van der Waals surface area contributed by atoms with Crippen molar-refractivity contribution in [1.29, 1.82) is 0 Å². The van der Waals surface area contributed by atoms with Crippen molar-refractivity contribution < 1.29 is 9.53 Å². The van der Waals surface area contributed by atoms with Gasteiger partial charge < -0.3 is 20.7 Å². The third kappa shape index (κ3) is 5.46. The maximum absolute atomic E-state index is 12.0. The summed E-state index contributed by atoms with van der Waals surface area (Å²) in [5, 5.41) is 2.89. The van der Waals surface area contributed by atoms with Crippen molar-refractivity contribution in [2.75, 3.05) is 33.3 Å². The normalized spacial score (nSPS) is 21.0. The van der Waals surface area contributed by atoms with E-state index in [1.807, 2.05) is 18.2 Å². The lowest BCUT2D eigenvalue weighted by Gasteiger charge is -2.30. The number of carbonyl (C=O) groups excluding carboxylic acids is 1. The van der Waals surface area contributed by atoms with E-state index in [0.29, 0.717) is 13.0 Å². The van der Waals surface area contributed by atoms with Gasteiger partial charge in [-0.1, -0.05) is 30.3 Å². The Morgan fingerprint density at radius 2 is 2.24 bits per heavy atom. The summed E-state index contributed by atoms with van der Waals surface area (Å²) in [6.07, 6.45) is 1.54. The van der Waals surface area contributed by atoms with Crippen LogP contribution in [0.3, 0.4) is 0 Å². The van der Waals surface area contributed by atoms with Crippen molar-refractivity contribution >= 4 is 5.91 Å².